The second-order valence-corrected chi connectivity index (χ2v) is 5.58. The average Bonchev–Trinajstić information content (AvgIpc) is 3.13. The molecule has 1 heteroatoms. The molecule has 17 heavy (non-hydrogen) atoms. The predicted octanol–water partition coefficient (Wildman–Crippen LogP) is 3.97. The van der Waals surface area contributed by atoms with Crippen LogP contribution in [0.1, 0.15) is 63.5 Å². The first kappa shape index (κ1) is 12.6. The van der Waals surface area contributed by atoms with Crippen LogP contribution in [0.4, 0.5) is 0 Å². The highest BCUT2D eigenvalue weighted by atomic mass is 14.7. The normalized spacial score (nSPS) is 19.4. The van der Waals surface area contributed by atoms with Gasteiger partial charge in [-0.2, -0.15) is 0 Å². The van der Waals surface area contributed by atoms with Gasteiger partial charge in [-0.1, -0.05) is 38.1 Å². The molecule has 1 fully saturated rings. The summed E-state index contributed by atoms with van der Waals surface area (Å²) in [5.74, 6) is 0.717. The Kier molecular flexibility index (Phi) is 3.58. The number of nitrogens with two attached hydrogens (primary N) is 1. The number of hydrogen-bond donors (Lipinski definition) is 1. The fraction of sp³-hybridized carbons (Fsp3) is 0.625. The van der Waals surface area contributed by atoms with Gasteiger partial charge in [0, 0.05) is 11.5 Å². The second-order valence-electron chi connectivity index (χ2n) is 5.58. The van der Waals surface area contributed by atoms with Crippen molar-refractivity contribution in [1.29, 1.82) is 0 Å². The Morgan fingerprint density at radius 1 is 1.12 bits per heavy atom. The molecule has 1 aliphatic rings. The van der Waals surface area contributed by atoms with Crippen LogP contribution >= 0.6 is 0 Å². The maximum Gasteiger partial charge on any atom is 0.0108 e. The summed E-state index contributed by atoms with van der Waals surface area (Å²) in [4.78, 5) is 0. The SMILES string of the molecule is CCC(CC)c1ccc(C2(C(C)N)CC2)cc1. The quantitative estimate of drug-likeness (QED) is 0.815. The van der Waals surface area contributed by atoms with Crippen molar-refractivity contribution in [2.75, 3.05) is 0 Å². The highest BCUT2D eigenvalue weighted by Crippen LogP contribution is 2.50. The largest absolute Gasteiger partial charge is 0.327 e. The summed E-state index contributed by atoms with van der Waals surface area (Å²) in [5.41, 5.74) is 9.34. The zero-order valence-corrected chi connectivity index (χ0v) is 11.4. The third kappa shape index (κ3) is 2.26. The predicted molar refractivity (Wildman–Crippen MR) is 74.3 cm³/mol. The molecule has 1 unspecified atom stereocenters. The summed E-state index contributed by atoms with van der Waals surface area (Å²) in [6, 6.07) is 9.53. The Balaban J connectivity index is 2.19. The lowest BCUT2D eigenvalue weighted by Crippen LogP contribution is -2.31. The van der Waals surface area contributed by atoms with E-state index < -0.39 is 0 Å². The van der Waals surface area contributed by atoms with Crippen LogP contribution < -0.4 is 5.73 Å². The molecule has 0 spiro atoms. The van der Waals surface area contributed by atoms with Gasteiger partial charge in [-0.25, -0.2) is 0 Å². The summed E-state index contributed by atoms with van der Waals surface area (Å²) in [6.45, 7) is 6.68. The molecule has 0 aliphatic heterocycles. The summed E-state index contributed by atoms with van der Waals surface area (Å²) in [6.07, 6.45) is 4.98. The Labute approximate surface area is 105 Å². The van der Waals surface area contributed by atoms with Crippen molar-refractivity contribution in [3.8, 4) is 0 Å². The van der Waals surface area contributed by atoms with Crippen LogP contribution in [-0.2, 0) is 5.41 Å². The van der Waals surface area contributed by atoms with E-state index in [1.807, 2.05) is 0 Å². The molecule has 1 nitrogen and oxygen atoms in total. The van der Waals surface area contributed by atoms with Crippen LogP contribution in [-0.4, -0.2) is 6.04 Å². The first-order chi connectivity index (χ1) is 8.14. The molecule has 1 aromatic rings. The molecule has 0 radical (unpaired) electrons. The van der Waals surface area contributed by atoms with Gasteiger partial charge in [-0.3, -0.25) is 0 Å². The van der Waals surface area contributed by atoms with Gasteiger partial charge < -0.3 is 5.73 Å². The van der Waals surface area contributed by atoms with Crippen LogP contribution in [0.3, 0.4) is 0 Å². The maximum absolute atomic E-state index is 6.11. The highest BCUT2D eigenvalue weighted by molar-refractivity contribution is 5.36. The van der Waals surface area contributed by atoms with E-state index in [4.69, 9.17) is 5.73 Å². The van der Waals surface area contributed by atoms with Gasteiger partial charge in [0.05, 0.1) is 0 Å². The van der Waals surface area contributed by atoms with Crippen LogP contribution in [0.15, 0.2) is 24.3 Å². The Morgan fingerprint density at radius 2 is 1.65 bits per heavy atom. The molecule has 0 bridgehead atoms. The zero-order chi connectivity index (χ0) is 12.5. The van der Waals surface area contributed by atoms with Crippen molar-refractivity contribution >= 4 is 0 Å². The van der Waals surface area contributed by atoms with E-state index in [0.29, 0.717) is 5.41 Å². The third-order valence-corrected chi connectivity index (χ3v) is 4.60. The molecule has 0 amide bonds. The Bertz CT molecular complexity index is 356. The van der Waals surface area contributed by atoms with E-state index >= 15 is 0 Å². The van der Waals surface area contributed by atoms with Gasteiger partial charge in [0.1, 0.15) is 0 Å². The molecule has 1 saturated carbocycles. The van der Waals surface area contributed by atoms with Gasteiger partial charge in [0.15, 0.2) is 0 Å². The van der Waals surface area contributed by atoms with Crippen LogP contribution in [0.5, 0.6) is 0 Å². The van der Waals surface area contributed by atoms with E-state index in [-0.39, 0.29) is 6.04 Å². The van der Waals surface area contributed by atoms with E-state index in [0.717, 1.165) is 5.92 Å². The summed E-state index contributed by atoms with van der Waals surface area (Å²) < 4.78 is 0. The van der Waals surface area contributed by atoms with Gasteiger partial charge in [-0.05, 0) is 49.7 Å². The molecular formula is C16H25N. The van der Waals surface area contributed by atoms with Crippen molar-refractivity contribution in [1.82, 2.24) is 0 Å². The summed E-state index contributed by atoms with van der Waals surface area (Å²) >= 11 is 0. The zero-order valence-electron chi connectivity index (χ0n) is 11.4. The lowest BCUT2D eigenvalue weighted by atomic mass is 9.86. The number of hydrogen-bond acceptors (Lipinski definition) is 1. The molecule has 1 aromatic carbocycles. The third-order valence-electron chi connectivity index (χ3n) is 4.60. The maximum atomic E-state index is 6.11. The molecule has 1 aliphatic carbocycles. The first-order valence-corrected chi connectivity index (χ1v) is 7.00. The van der Waals surface area contributed by atoms with Crippen molar-refractivity contribution < 1.29 is 0 Å². The molecule has 2 N–H and O–H groups in total. The number of rotatable bonds is 5. The van der Waals surface area contributed by atoms with E-state index in [2.05, 4.69) is 45.0 Å². The molecule has 0 heterocycles. The number of benzene rings is 1. The average molecular weight is 231 g/mol. The second kappa shape index (κ2) is 4.81. The van der Waals surface area contributed by atoms with Crippen molar-refractivity contribution in [2.24, 2.45) is 5.73 Å². The molecule has 1 atom stereocenters. The van der Waals surface area contributed by atoms with E-state index in [1.54, 1.807) is 0 Å². The molecule has 0 saturated heterocycles. The topological polar surface area (TPSA) is 26.0 Å². The lowest BCUT2D eigenvalue weighted by molar-refractivity contribution is 0.555. The Morgan fingerprint density at radius 3 is 2.00 bits per heavy atom. The van der Waals surface area contributed by atoms with Crippen LogP contribution in [0.25, 0.3) is 0 Å². The molecule has 2 rings (SSSR count). The van der Waals surface area contributed by atoms with Gasteiger partial charge in [-0.15, -0.1) is 0 Å². The summed E-state index contributed by atoms with van der Waals surface area (Å²) in [7, 11) is 0. The molecular weight excluding hydrogens is 206 g/mol. The van der Waals surface area contributed by atoms with Crippen LogP contribution in [0.2, 0.25) is 0 Å². The van der Waals surface area contributed by atoms with Gasteiger partial charge >= 0.3 is 0 Å². The van der Waals surface area contributed by atoms with E-state index in [1.165, 1.54) is 36.8 Å². The van der Waals surface area contributed by atoms with E-state index in [9.17, 15) is 0 Å². The van der Waals surface area contributed by atoms with Crippen molar-refractivity contribution in [3.63, 3.8) is 0 Å². The van der Waals surface area contributed by atoms with Gasteiger partial charge in [0.2, 0.25) is 0 Å². The monoisotopic (exact) mass is 231 g/mol. The minimum absolute atomic E-state index is 0.279. The van der Waals surface area contributed by atoms with Gasteiger partial charge in [0.25, 0.3) is 0 Å². The standard InChI is InChI=1S/C16H25N/c1-4-13(5-2)14-6-8-15(9-7-14)16(10-11-16)12(3)17/h6-9,12-13H,4-5,10-11,17H2,1-3H3. The molecule has 94 valence electrons. The minimum Gasteiger partial charge on any atom is -0.327 e. The first-order valence-electron chi connectivity index (χ1n) is 7.00. The summed E-state index contributed by atoms with van der Waals surface area (Å²) in [5, 5.41) is 0. The van der Waals surface area contributed by atoms with Crippen molar-refractivity contribution in [3.05, 3.63) is 35.4 Å². The lowest BCUT2D eigenvalue weighted by Gasteiger charge is -2.21. The Hall–Kier alpha value is -0.820. The molecule has 0 aromatic heterocycles. The van der Waals surface area contributed by atoms with Crippen molar-refractivity contribution in [2.45, 2.75) is 63.8 Å². The smallest absolute Gasteiger partial charge is 0.0108 e. The fourth-order valence-corrected chi connectivity index (χ4v) is 2.99. The van der Waals surface area contributed by atoms with Crippen LogP contribution in [0, 0.1) is 0 Å². The fourth-order valence-electron chi connectivity index (χ4n) is 2.99. The highest BCUT2D eigenvalue weighted by Gasteiger charge is 2.47. The minimum atomic E-state index is 0.279.